The first-order valence-corrected chi connectivity index (χ1v) is 7.89. The Kier molecular flexibility index (Phi) is 6.05. The average Bonchev–Trinajstić information content (AvgIpc) is 2.50. The zero-order valence-corrected chi connectivity index (χ0v) is 13.2. The van der Waals surface area contributed by atoms with Gasteiger partial charge in [0.2, 0.25) is 5.91 Å². The van der Waals surface area contributed by atoms with E-state index in [0.717, 1.165) is 50.2 Å². The maximum atomic E-state index is 12.0. The Hall–Kier alpha value is -1.55. The zero-order chi connectivity index (χ0) is 15.1. The first kappa shape index (κ1) is 15.8. The standard InChI is InChI=1S/C17H26N2O2/c1-3-9-18-12-14-7-8-16(21-2)15(11-14)13-19-10-5-4-6-17(19)20/h7-8,11,18H,3-6,9-10,12-13H2,1-2H3. The Morgan fingerprint density at radius 1 is 1.33 bits per heavy atom. The third-order valence-electron chi connectivity index (χ3n) is 3.88. The highest BCUT2D eigenvalue weighted by atomic mass is 16.5. The molecule has 0 spiro atoms. The number of rotatable bonds is 7. The van der Waals surface area contributed by atoms with Gasteiger partial charge in [0.1, 0.15) is 5.75 Å². The molecule has 4 nitrogen and oxygen atoms in total. The topological polar surface area (TPSA) is 41.6 Å². The maximum Gasteiger partial charge on any atom is 0.222 e. The van der Waals surface area contributed by atoms with Gasteiger partial charge in [-0.1, -0.05) is 13.0 Å². The van der Waals surface area contributed by atoms with Crippen LogP contribution in [-0.4, -0.2) is 31.0 Å². The molecule has 2 rings (SSSR count). The van der Waals surface area contributed by atoms with Gasteiger partial charge in [0, 0.05) is 31.6 Å². The van der Waals surface area contributed by atoms with E-state index in [9.17, 15) is 4.79 Å². The Morgan fingerprint density at radius 2 is 2.19 bits per heavy atom. The van der Waals surface area contributed by atoms with Crippen LogP contribution in [0.15, 0.2) is 18.2 Å². The second-order valence-corrected chi connectivity index (χ2v) is 5.60. The number of methoxy groups -OCH3 is 1. The van der Waals surface area contributed by atoms with Crippen molar-refractivity contribution in [2.75, 3.05) is 20.2 Å². The molecule has 4 heteroatoms. The van der Waals surface area contributed by atoms with Crippen LogP contribution in [0.2, 0.25) is 0 Å². The second-order valence-electron chi connectivity index (χ2n) is 5.60. The van der Waals surface area contributed by atoms with Crippen LogP contribution < -0.4 is 10.1 Å². The quantitative estimate of drug-likeness (QED) is 0.785. The Morgan fingerprint density at radius 3 is 2.90 bits per heavy atom. The number of carbonyl (C=O) groups excluding carboxylic acids is 1. The molecule has 0 unspecified atom stereocenters. The van der Waals surface area contributed by atoms with Crippen LogP contribution in [-0.2, 0) is 17.9 Å². The average molecular weight is 290 g/mol. The van der Waals surface area contributed by atoms with Crippen molar-refractivity contribution in [2.45, 2.75) is 45.7 Å². The highest BCUT2D eigenvalue weighted by Crippen LogP contribution is 2.23. The molecule has 1 heterocycles. The first-order chi connectivity index (χ1) is 10.2. The van der Waals surface area contributed by atoms with Crippen molar-refractivity contribution >= 4 is 5.91 Å². The van der Waals surface area contributed by atoms with Crippen LogP contribution in [0.3, 0.4) is 0 Å². The van der Waals surface area contributed by atoms with Gasteiger partial charge in [-0.2, -0.15) is 0 Å². The summed E-state index contributed by atoms with van der Waals surface area (Å²) in [6.45, 7) is 5.56. The molecule has 1 fully saturated rings. The van der Waals surface area contributed by atoms with E-state index in [1.165, 1.54) is 5.56 Å². The molecule has 0 radical (unpaired) electrons. The number of hydrogen-bond acceptors (Lipinski definition) is 3. The predicted octanol–water partition coefficient (Wildman–Crippen LogP) is 2.71. The van der Waals surface area contributed by atoms with Gasteiger partial charge in [-0.3, -0.25) is 4.79 Å². The number of nitrogens with zero attached hydrogens (tertiary/aromatic N) is 1. The van der Waals surface area contributed by atoms with Crippen LogP contribution in [0, 0.1) is 0 Å². The Balaban J connectivity index is 2.07. The molecule has 0 saturated carbocycles. The van der Waals surface area contributed by atoms with Gasteiger partial charge in [-0.25, -0.2) is 0 Å². The van der Waals surface area contributed by atoms with Crippen molar-refractivity contribution in [3.63, 3.8) is 0 Å². The summed E-state index contributed by atoms with van der Waals surface area (Å²) in [5.41, 5.74) is 2.34. The minimum absolute atomic E-state index is 0.262. The highest BCUT2D eigenvalue weighted by molar-refractivity contribution is 5.76. The fourth-order valence-electron chi connectivity index (χ4n) is 2.71. The van der Waals surface area contributed by atoms with Gasteiger partial charge >= 0.3 is 0 Å². The third-order valence-corrected chi connectivity index (χ3v) is 3.88. The van der Waals surface area contributed by atoms with Gasteiger partial charge in [0.05, 0.1) is 7.11 Å². The molecule has 1 aromatic carbocycles. The summed E-state index contributed by atoms with van der Waals surface area (Å²) in [5.74, 6) is 1.13. The normalized spacial score (nSPS) is 15.3. The van der Waals surface area contributed by atoms with Crippen LogP contribution in [0.25, 0.3) is 0 Å². The summed E-state index contributed by atoms with van der Waals surface area (Å²) in [6, 6.07) is 6.25. The van der Waals surface area contributed by atoms with E-state index in [2.05, 4.69) is 24.4 Å². The highest BCUT2D eigenvalue weighted by Gasteiger charge is 2.19. The van der Waals surface area contributed by atoms with Gasteiger partial charge in [0.25, 0.3) is 0 Å². The number of piperidine rings is 1. The van der Waals surface area contributed by atoms with Gasteiger partial charge in [-0.05, 0) is 43.5 Å². The lowest BCUT2D eigenvalue weighted by atomic mass is 10.1. The number of benzene rings is 1. The second kappa shape index (κ2) is 8.03. The lowest BCUT2D eigenvalue weighted by Gasteiger charge is -2.27. The molecule has 0 aliphatic carbocycles. The maximum absolute atomic E-state index is 12.0. The number of likely N-dealkylation sites (tertiary alicyclic amines) is 1. The lowest BCUT2D eigenvalue weighted by molar-refractivity contribution is -0.133. The molecule has 1 N–H and O–H groups in total. The molecule has 1 saturated heterocycles. The van der Waals surface area contributed by atoms with Gasteiger partial charge in [0.15, 0.2) is 0 Å². The number of ether oxygens (including phenoxy) is 1. The van der Waals surface area contributed by atoms with E-state index < -0.39 is 0 Å². The van der Waals surface area contributed by atoms with Gasteiger partial charge < -0.3 is 15.0 Å². The molecule has 1 aliphatic rings. The molecule has 1 aliphatic heterocycles. The van der Waals surface area contributed by atoms with Crippen LogP contribution in [0.1, 0.15) is 43.7 Å². The van der Waals surface area contributed by atoms with Crippen molar-refractivity contribution < 1.29 is 9.53 Å². The monoisotopic (exact) mass is 290 g/mol. The number of carbonyl (C=O) groups is 1. The number of nitrogens with one attached hydrogen (secondary N) is 1. The fraction of sp³-hybridized carbons (Fsp3) is 0.588. The van der Waals surface area contributed by atoms with Crippen LogP contribution >= 0.6 is 0 Å². The molecular formula is C17H26N2O2. The fourth-order valence-corrected chi connectivity index (χ4v) is 2.71. The van der Waals surface area contributed by atoms with Gasteiger partial charge in [-0.15, -0.1) is 0 Å². The Bertz CT molecular complexity index is 474. The van der Waals surface area contributed by atoms with Crippen molar-refractivity contribution in [3.8, 4) is 5.75 Å². The third kappa shape index (κ3) is 4.46. The first-order valence-electron chi connectivity index (χ1n) is 7.89. The number of amides is 1. The molecule has 1 aromatic rings. The minimum Gasteiger partial charge on any atom is -0.496 e. The van der Waals surface area contributed by atoms with E-state index in [1.807, 2.05) is 11.0 Å². The largest absolute Gasteiger partial charge is 0.496 e. The summed E-state index contributed by atoms with van der Waals surface area (Å²) in [6.07, 6.45) is 3.94. The number of hydrogen-bond donors (Lipinski definition) is 1. The van der Waals surface area contributed by atoms with Crippen LogP contribution in [0.4, 0.5) is 0 Å². The van der Waals surface area contributed by atoms with E-state index in [1.54, 1.807) is 7.11 Å². The van der Waals surface area contributed by atoms with E-state index >= 15 is 0 Å². The zero-order valence-electron chi connectivity index (χ0n) is 13.2. The molecule has 21 heavy (non-hydrogen) atoms. The molecule has 0 aromatic heterocycles. The molecule has 0 atom stereocenters. The predicted molar refractivity (Wildman–Crippen MR) is 84.3 cm³/mol. The molecular weight excluding hydrogens is 264 g/mol. The lowest BCUT2D eigenvalue weighted by Crippen LogP contribution is -2.34. The van der Waals surface area contributed by atoms with Crippen molar-refractivity contribution in [1.29, 1.82) is 0 Å². The summed E-state index contributed by atoms with van der Waals surface area (Å²) in [5, 5.41) is 3.41. The van der Waals surface area contributed by atoms with Crippen molar-refractivity contribution in [2.24, 2.45) is 0 Å². The smallest absolute Gasteiger partial charge is 0.222 e. The molecule has 0 bridgehead atoms. The van der Waals surface area contributed by atoms with Crippen LogP contribution in [0.5, 0.6) is 5.75 Å². The SMILES string of the molecule is CCCNCc1ccc(OC)c(CN2CCCCC2=O)c1. The Labute approximate surface area is 127 Å². The summed E-state index contributed by atoms with van der Waals surface area (Å²) < 4.78 is 5.44. The van der Waals surface area contributed by atoms with E-state index in [-0.39, 0.29) is 5.91 Å². The molecule has 1 amide bonds. The van der Waals surface area contributed by atoms with Crippen molar-refractivity contribution in [1.82, 2.24) is 10.2 Å². The summed E-state index contributed by atoms with van der Waals surface area (Å²) in [7, 11) is 1.69. The minimum atomic E-state index is 0.262. The summed E-state index contributed by atoms with van der Waals surface area (Å²) >= 11 is 0. The van der Waals surface area contributed by atoms with Crippen molar-refractivity contribution in [3.05, 3.63) is 29.3 Å². The van der Waals surface area contributed by atoms with E-state index in [4.69, 9.17) is 4.74 Å². The van der Waals surface area contributed by atoms with E-state index in [0.29, 0.717) is 13.0 Å². The molecule has 116 valence electrons. The summed E-state index contributed by atoms with van der Waals surface area (Å²) in [4.78, 5) is 13.9.